The molecule has 0 aliphatic carbocycles. The monoisotopic (exact) mass is 392 g/mol. The molecule has 8 nitrogen and oxygen atoms in total. The second-order valence-electron chi connectivity index (χ2n) is 6.43. The van der Waals surface area contributed by atoms with Crippen molar-refractivity contribution in [2.45, 2.75) is 34.2 Å². The second-order valence-corrected chi connectivity index (χ2v) is 7.65. The summed E-state index contributed by atoms with van der Waals surface area (Å²) in [6.45, 7) is 8.43. The molecule has 0 spiro atoms. The number of nitrogens with one attached hydrogen (secondary N) is 2. The number of aryl methyl sites for hydroxylation is 2. The summed E-state index contributed by atoms with van der Waals surface area (Å²) in [4.78, 5) is 37.1. The van der Waals surface area contributed by atoms with Crippen molar-refractivity contribution in [3.05, 3.63) is 34.0 Å². The highest BCUT2D eigenvalue weighted by Crippen LogP contribution is 2.32. The standard InChI is InChI=1S/C18H24N4O4S/c1-10(9-22-7-6-11(2)21-22)8-19-15(23)16(24)20-17-14(18(25)26-5)12(3)13(4)27-17/h6-7,10H,8-9H2,1-5H3,(H,19,23)(H,20,24)/t10-/m0/s1. The summed E-state index contributed by atoms with van der Waals surface area (Å²) in [6.07, 6.45) is 1.87. The molecule has 27 heavy (non-hydrogen) atoms. The van der Waals surface area contributed by atoms with E-state index in [0.29, 0.717) is 18.1 Å². The number of nitrogens with zero attached hydrogens (tertiary/aromatic N) is 2. The average molecular weight is 392 g/mol. The summed E-state index contributed by atoms with van der Waals surface area (Å²) < 4.78 is 6.56. The average Bonchev–Trinajstić information content (AvgIpc) is 3.15. The lowest BCUT2D eigenvalue weighted by Gasteiger charge is -2.12. The number of carbonyl (C=O) groups excluding carboxylic acids is 3. The van der Waals surface area contributed by atoms with Crippen LogP contribution >= 0.6 is 11.3 Å². The van der Waals surface area contributed by atoms with Gasteiger partial charge < -0.3 is 15.4 Å². The first kappa shape index (κ1) is 20.6. The number of thiophene rings is 1. The van der Waals surface area contributed by atoms with Crippen LogP contribution in [0.4, 0.5) is 5.00 Å². The Morgan fingerprint density at radius 3 is 2.56 bits per heavy atom. The lowest BCUT2D eigenvalue weighted by molar-refractivity contribution is -0.136. The van der Waals surface area contributed by atoms with E-state index in [0.717, 1.165) is 16.1 Å². The highest BCUT2D eigenvalue weighted by Gasteiger charge is 2.24. The van der Waals surface area contributed by atoms with Crippen LogP contribution in [-0.2, 0) is 20.9 Å². The van der Waals surface area contributed by atoms with Gasteiger partial charge in [0.15, 0.2) is 0 Å². The number of aromatic nitrogens is 2. The lowest BCUT2D eigenvalue weighted by atomic mass is 10.1. The number of hydrogen-bond donors (Lipinski definition) is 2. The van der Waals surface area contributed by atoms with Crippen molar-refractivity contribution in [3.8, 4) is 0 Å². The molecule has 9 heteroatoms. The van der Waals surface area contributed by atoms with Gasteiger partial charge in [0.2, 0.25) is 0 Å². The molecule has 0 saturated carbocycles. The number of hydrogen-bond acceptors (Lipinski definition) is 6. The van der Waals surface area contributed by atoms with Gasteiger partial charge in [-0.3, -0.25) is 14.3 Å². The molecule has 0 aliphatic rings. The molecule has 0 fully saturated rings. The first-order valence-corrected chi connectivity index (χ1v) is 9.32. The summed E-state index contributed by atoms with van der Waals surface area (Å²) in [7, 11) is 1.27. The van der Waals surface area contributed by atoms with Gasteiger partial charge in [0, 0.05) is 24.2 Å². The molecule has 2 amide bonds. The summed E-state index contributed by atoms with van der Waals surface area (Å²) in [5.74, 6) is -2.02. The van der Waals surface area contributed by atoms with E-state index < -0.39 is 17.8 Å². The molecule has 2 aromatic heterocycles. The van der Waals surface area contributed by atoms with Gasteiger partial charge >= 0.3 is 17.8 Å². The van der Waals surface area contributed by atoms with Crippen molar-refractivity contribution in [2.75, 3.05) is 19.0 Å². The van der Waals surface area contributed by atoms with E-state index >= 15 is 0 Å². The summed E-state index contributed by atoms with van der Waals surface area (Å²) >= 11 is 1.23. The van der Waals surface area contributed by atoms with E-state index in [1.807, 2.05) is 33.0 Å². The molecule has 0 radical (unpaired) electrons. The third-order valence-corrected chi connectivity index (χ3v) is 5.21. The maximum Gasteiger partial charge on any atom is 0.341 e. The number of esters is 1. The highest BCUT2D eigenvalue weighted by molar-refractivity contribution is 7.17. The topological polar surface area (TPSA) is 102 Å². The maximum atomic E-state index is 12.2. The molecule has 0 unspecified atom stereocenters. The molecule has 2 rings (SSSR count). The quantitative estimate of drug-likeness (QED) is 0.579. The van der Waals surface area contributed by atoms with Gasteiger partial charge in [0.25, 0.3) is 0 Å². The Labute approximate surface area is 161 Å². The zero-order valence-electron chi connectivity index (χ0n) is 16.1. The molecule has 2 N–H and O–H groups in total. The SMILES string of the molecule is COC(=O)c1c(NC(=O)C(=O)NC[C@H](C)Cn2ccc(C)n2)sc(C)c1C. The second kappa shape index (κ2) is 8.81. The first-order chi connectivity index (χ1) is 12.7. The van der Waals surface area contributed by atoms with Crippen LogP contribution in [0, 0.1) is 26.7 Å². The molecular formula is C18H24N4O4S. The number of amides is 2. The van der Waals surface area contributed by atoms with E-state index in [4.69, 9.17) is 4.74 Å². The van der Waals surface area contributed by atoms with E-state index in [1.54, 1.807) is 11.6 Å². The van der Waals surface area contributed by atoms with Crippen LogP contribution in [0.25, 0.3) is 0 Å². The van der Waals surface area contributed by atoms with Crippen LogP contribution in [0.5, 0.6) is 0 Å². The third kappa shape index (κ3) is 5.16. The molecule has 0 saturated heterocycles. The molecule has 0 bridgehead atoms. The van der Waals surface area contributed by atoms with Gasteiger partial charge in [-0.25, -0.2) is 4.79 Å². The van der Waals surface area contributed by atoms with Gasteiger partial charge in [0.1, 0.15) is 5.00 Å². The molecule has 2 heterocycles. The third-order valence-electron chi connectivity index (χ3n) is 4.09. The van der Waals surface area contributed by atoms with Crippen molar-refractivity contribution < 1.29 is 19.1 Å². The number of methoxy groups -OCH3 is 1. The molecule has 1 atom stereocenters. The minimum absolute atomic E-state index is 0.0953. The first-order valence-electron chi connectivity index (χ1n) is 8.50. The van der Waals surface area contributed by atoms with Crippen LogP contribution in [0.2, 0.25) is 0 Å². The van der Waals surface area contributed by atoms with Crippen LogP contribution in [0.1, 0.15) is 33.4 Å². The van der Waals surface area contributed by atoms with E-state index in [1.165, 1.54) is 18.4 Å². The van der Waals surface area contributed by atoms with Crippen molar-refractivity contribution in [3.63, 3.8) is 0 Å². The lowest BCUT2D eigenvalue weighted by Crippen LogP contribution is -2.38. The number of carbonyl (C=O) groups is 3. The summed E-state index contributed by atoms with van der Waals surface area (Å²) in [6, 6.07) is 1.91. The van der Waals surface area contributed by atoms with E-state index in [2.05, 4.69) is 15.7 Å². The van der Waals surface area contributed by atoms with E-state index in [-0.39, 0.29) is 11.5 Å². The highest BCUT2D eigenvalue weighted by atomic mass is 32.1. The van der Waals surface area contributed by atoms with Gasteiger partial charge in [-0.15, -0.1) is 11.3 Å². The van der Waals surface area contributed by atoms with Crippen LogP contribution in [0.3, 0.4) is 0 Å². The zero-order valence-corrected chi connectivity index (χ0v) is 16.9. The fourth-order valence-electron chi connectivity index (χ4n) is 2.52. The Kier molecular flexibility index (Phi) is 6.73. The number of rotatable bonds is 6. The minimum Gasteiger partial charge on any atom is -0.465 e. The Balaban J connectivity index is 1.93. The number of anilines is 1. The maximum absolute atomic E-state index is 12.2. The van der Waals surface area contributed by atoms with Crippen LogP contribution < -0.4 is 10.6 Å². The smallest absolute Gasteiger partial charge is 0.341 e. The van der Waals surface area contributed by atoms with Crippen molar-refractivity contribution in [1.29, 1.82) is 0 Å². The van der Waals surface area contributed by atoms with Crippen LogP contribution in [0.15, 0.2) is 12.3 Å². The van der Waals surface area contributed by atoms with Gasteiger partial charge in [-0.2, -0.15) is 5.10 Å². The fraction of sp³-hybridized carbons (Fsp3) is 0.444. The Morgan fingerprint density at radius 2 is 1.96 bits per heavy atom. The summed E-state index contributed by atoms with van der Waals surface area (Å²) in [5.41, 5.74) is 1.93. The fourth-order valence-corrected chi connectivity index (χ4v) is 3.56. The van der Waals surface area contributed by atoms with Crippen molar-refractivity contribution in [1.82, 2.24) is 15.1 Å². The zero-order chi connectivity index (χ0) is 20.1. The van der Waals surface area contributed by atoms with Crippen LogP contribution in [-0.4, -0.2) is 41.2 Å². The molecule has 146 valence electrons. The Morgan fingerprint density at radius 1 is 1.26 bits per heavy atom. The molecule has 2 aromatic rings. The number of ether oxygens (including phenoxy) is 1. The van der Waals surface area contributed by atoms with Gasteiger partial charge in [-0.05, 0) is 38.3 Å². The van der Waals surface area contributed by atoms with Gasteiger partial charge in [0.05, 0.1) is 18.4 Å². The summed E-state index contributed by atoms with van der Waals surface area (Å²) in [5, 5.41) is 9.74. The van der Waals surface area contributed by atoms with Gasteiger partial charge in [-0.1, -0.05) is 6.92 Å². The van der Waals surface area contributed by atoms with E-state index in [9.17, 15) is 14.4 Å². The molecule has 0 aromatic carbocycles. The molecular weight excluding hydrogens is 368 g/mol. The Hall–Kier alpha value is -2.68. The van der Waals surface area contributed by atoms with Crippen molar-refractivity contribution in [2.24, 2.45) is 5.92 Å². The largest absolute Gasteiger partial charge is 0.465 e. The predicted octanol–water partition coefficient (Wildman–Crippen LogP) is 2.05. The normalized spacial score (nSPS) is 11.7. The Bertz CT molecular complexity index is 856. The predicted molar refractivity (Wildman–Crippen MR) is 103 cm³/mol. The molecule has 0 aliphatic heterocycles. The van der Waals surface area contributed by atoms with Crippen molar-refractivity contribution >= 4 is 34.1 Å². The minimum atomic E-state index is -0.816.